The molecule has 26 heavy (non-hydrogen) atoms. The lowest BCUT2D eigenvalue weighted by molar-refractivity contribution is 0.103. The van der Waals surface area contributed by atoms with Crippen LogP contribution in [-0.2, 0) is 6.42 Å². The zero-order chi connectivity index (χ0) is 18.9. The lowest BCUT2D eigenvalue weighted by atomic mass is 9.93. The number of urea groups is 1. The van der Waals surface area contributed by atoms with E-state index in [1.54, 1.807) is 24.3 Å². The van der Waals surface area contributed by atoms with Crippen molar-refractivity contribution in [3.63, 3.8) is 0 Å². The summed E-state index contributed by atoms with van der Waals surface area (Å²) in [4.78, 5) is 27.9. The predicted molar refractivity (Wildman–Crippen MR) is 94.6 cm³/mol. The van der Waals surface area contributed by atoms with Crippen molar-refractivity contribution in [1.29, 1.82) is 0 Å². The van der Waals surface area contributed by atoms with Crippen molar-refractivity contribution in [1.82, 2.24) is 5.32 Å². The molecule has 4 N–H and O–H groups in total. The van der Waals surface area contributed by atoms with Crippen LogP contribution in [0.25, 0.3) is 0 Å². The van der Waals surface area contributed by atoms with Crippen molar-refractivity contribution in [2.75, 3.05) is 0 Å². The fraction of sp³-hybridized carbons (Fsp3) is 0.211. The van der Waals surface area contributed by atoms with Gasteiger partial charge in [-0.25, -0.2) is 4.79 Å². The molecule has 1 heterocycles. The Kier molecular flexibility index (Phi) is 4.48. The standard InChI is InChI=1S/C19H18N2O5/c1-19(26)16(20-18(25)21-19)9-6-11-4-2-3-5-13(11)17(24)14-8-7-12(22)10-15(14)23/h2-5,7-8,10,22-23,26H,6,9H2,1H3,(H,21,25). The molecule has 0 saturated heterocycles. The van der Waals surface area contributed by atoms with E-state index in [1.807, 2.05) is 0 Å². The number of nitrogens with zero attached hydrogens (tertiary/aromatic N) is 1. The average Bonchev–Trinajstić information content (AvgIpc) is 2.84. The van der Waals surface area contributed by atoms with Gasteiger partial charge in [0.2, 0.25) is 0 Å². The van der Waals surface area contributed by atoms with Gasteiger partial charge in [0.15, 0.2) is 11.5 Å². The zero-order valence-corrected chi connectivity index (χ0v) is 14.1. The first-order valence-electron chi connectivity index (χ1n) is 8.05. The summed E-state index contributed by atoms with van der Waals surface area (Å²) in [6, 6.07) is 10.1. The summed E-state index contributed by atoms with van der Waals surface area (Å²) in [5, 5.41) is 31.8. The first kappa shape index (κ1) is 17.6. The van der Waals surface area contributed by atoms with Crippen LogP contribution >= 0.6 is 0 Å². The first-order chi connectivity index (χ1) is 12.3. The number of phenols is 2. The van der Waals surface area contributed by atoms with Crippen LogP contribution in [0.3, 0.4) is 0 Å². The van der Waals surface area contributed by atoms with E-state index in [-0.39, 0.29) is 29.3 Å². The van der Waals surface area contributed by atoms with Crippen molar-refractivity contribution < 1.29 is 24.9 Å². The molecule has 7 heteroatoms. The minimum atomic E-state index is -1.49. The Labute approximate surface area is 149 Å². The predicted octanol–water partition coefficient (Wildman–Crippen LogP) is 2.13. The molecule has 1 aliphatic heterocycles. The van der Waals surface area contributed by atoms with Crippen molar-refractivity contribution in [2.24, 2.45) is 4.99 Å². The van der Waals surface area contributed by atoms with Crippen LogP contribution in [0.4, 0.5) is 4.79 Å². The summed E-state index contributed by atoms with van der Waals surface area (Å²) >= 11 is 0. The van der Waals surface area contributed by atoms with E-state index in [9.17, 15) is 24.9 Å². The SMILES string of the molecule is CC1(O)NC(=O)N=C1CCc1ccccc1C(=O)c1ccc(O)cc1O. The Morgan fingerprint density at radius 3 is 2.50 bits per heavy atom. The molecule has 0 fully saturated rings. The number of ketones is 1. The lowest BCUT2D eigenvalue weighted by Crippen LogP contribution is -2.45. The molecule has 0 aliphatic carbocycles. The molecule has 7 nitrogen and oxygen atoms in total. The maximum atomic E-state index is 12.8. The van der Waals surface area contributed by atoms with Gasteiger partial charge in [-0.2, -0.15) is 4.99 Å². The molecule has 2 amide bonds. The van der Waals surface area contributed by atoms with E-state index >= 15 is 0 Å². The molecule has 2 aromatic carbocycles. The van der Waals surface area contributed by atoms with Gasteiger partial charge in [-0.1, -0.05) is 24.3 Å². The van der Waals surface area contributed by atoms with Gasteiger partial charge in [0.1, 0.15) is 11.5 Å². The molecule has 134 valence electrons. The number of nitrogens with one attached hydrogen (secondary N) is 1. The smallest absolute Gasteiger partial charge is 0.343 e. The molecule has 1 atom stereocenters. The number of hydrogen-bond donors (Lipinski definition) is 4. The van der Waals surface area contributed by atoms with E-state index in [0.29, 0.717) is 23.3 Å². The summed E-state index contributed by atoms with van der Waals surface area (Å²) in [6.07, 6.45) is 0.669. The van der Waals surface area contributed by atoms with Gasteiger partial charge in [-0.05, 0) is 37.5 Å². The highest BCUT2D eigenvalue weighted by Crippen LogP contribution is 2.27. The number of phenolic OH excluding ortho intramolecular Hbond substituents is 2. The van der Waals surface area contributed by atoms with E-state index < -0.39 is 11.8 Å². The normalized spacial score (nSPS) is 19.2. The number of hydrogen-bond acceptors (Lipinski definition) is 5. The third-order valence-electron chi connectivity index (χ3n) is 4.27. The van der Waals surface area contributed by atoms with Gasteiger partial charge in [0, 0.05) is 11.6 Å². The molecule has 0 radical (unpaired) electrons. The van der Waals surface area contributed by atoms with Gasteiger partial charge in [-0.15, -0.1) is 0 Å². The second kappa shape index (κ2) is 6.61. The van der Waals surface area contributed by atoms with Crippen molar-refractivity contribution >= 4 is 17.5 Å². The van der Waals surface area contributed by atoms with Crippen molar-refractivity contribution in [3.05, 3.63) is 59.2 Å². The van der Waals surface area contributed by atoms with E-state index in [4.69, 9.17) is 0 Å². The quantitative estimate of drug-likeness (QED) is 0.613. The highest BCUT2D eigenvalue weighted by atomic mass is 16.3. The van der Waals surface area contributed by atoms with E-state index in [2.05, 4.69) is 10.3 Å². The fourth-order valence-electron chi connectivity index (χ4n) is 2.91. The Morgan fingerprint density at radius 2 is 1.85 bits per heavy atom. The van der Waals surface area contributed by atoms with Gasteiger partial charge < -0.3 is 20.6 Å². The van der Waals surface area contributed by atoms with Crippen LogP contribution < -0.4 is 5.32 Å². The number of aryl methyl sites for hydroxylation is 1. The second-order valence-electron chi connectivity index (χ2n) is 6.25. The summed E-state index contributed by atoms with van der Waals surface area (Å²) in [7, 11) is 0. The molecule has 0 saturated carbocycles. The molecular formula is C19H18N2O5. The third-order valence-corrected chi connectivity index (χ3v) is 4.27. The number of carbonyl (C=O) groups is 2. The number of amides is 2. The summed E-state index contributed by atoms with van der Waals surface area (Å²) in [5.41, 5.74) is -0.0194. The lowest BCUT2D eigenvalue weighted by Gasteiger charge is -2.19. The molecular weight excluding hydrogens is 336 g/mol. The van der Waals surface area contributed by atoms with Crippen LogP contribution in [-0.4, -0.2) is 38.6 Å². The number of rotatable bonds is 5. The Balaban J connectivity index is 1.86. The van der Waals surface area contributed by atoms with Crippen LogP contribution in [0.1, 0.15) is 34.8 Å². The molecule has 2 aromatic rings. The van der Waals surface area contributed by atoms with Crippen molar-refractivity contribution in [2.45, 2.75) is 25.5 Å². The number of aliphatic imine (C=N–C) groups is 1. The third kappa shape index (κ3) is 3.43. The molecule has 0 aromatic heterocycles. The number of aromatic hydroxyl groups is 2. The number of carbonyl (C=O) groups excluding carboxylic acids is 2. The summed E-state index contributed by atoms with van der Waals surface area (Å²) < 4.78 is 0. The topological polar surface area (TPSA) is 119 Å². The monoisotopic (exact) mass is 354 g/mol. The number of benzene rings is 2. The molecule has 0 bridgehead atoms. The van der Waals surface area contributed by atoms with Crippen LogP contribution in [0.2, 0.25) is 0 Å². The van der Waals surface area contributed by atoms with E-state index in [1.165, 1.54) is 19.1 Å². The number of aliphatic hydroxyl groups is 1. The van der Waals surface area contributed by atoms with Gasteiger partial charge >= 0.3 is 6.03 Å². The molecule has 3 rings (SSSR count). The highest BCUT2D eigenvalue weighted by molar-refractivity contribution is 6.12. The minimum absolute atomic E-state index is 0.0808. The summed E-state index contributed by atoms with van der Waals surface area (Å²) in [6.45, 7) is 1.45. The van der Waals surface area contributed by atoms with Crippen LogP contribution in [0.15, 0.2) is 47.5 Å². The maximum Gasteiger partial charge on any atom is 0.343 e. The van der Waals surface area contributed by atoms with Gasteiger partial charge in [-0.3, -0.25) is 4.79 Å². The van der Waals surface area contributed by atoms with Crippen LogP contribution in [0, 0.1) is 0 Å². The largest absolute Gasteiger partial charge is 0.508 e. The first-order valence-corrected chi connectivity index (χ1v) is 8.05. The van der Waals surface area contributed by atoms with Crippen LogP contribution in [0.5, 0.6) is 11.5 Å². The minimum Gasteiger partial charge on any atom is -0.508 e. The molecule has 1 unspecified atom stereocenters. The van der Waals surface area contributed by atoms with E-state index in [0.717, 1.165) is 6.07 Å². The van der Waals surface area contributed by atoms with Crippen molar-refractivity contribution in [3.8, 4) is 11.5 Å². The summed E-state index contributed by atoms with van der Waals surface area (Å²) in [5.74, 6) is -0.818. The Hall–Kier alpha value is -3.19. The highest BCUT2D eigenvalue weighted by Gasteiger charge is 2.35. The molecule has 0 spiro atoms. The van der Waals surface area contributed by atoms with Gasteiger partial charge in [0.05, 0.1) is 11.3 Å². The maximum absolute atomic E-state index is 12.8. The zero-order valence-electron chi connectivity index (χ0n) is 14.1. The Bertz CT molecular complexity index is 918. The second-order valence-corrected chi connectivity index (χ2v) is 6.25. The Morgan fingerprint density at radius 1 is 1.12 bits per heavy atom. The molecule has 1 aliphatic rings. The van der Waals surface area contributed by atoms with Gasteiger partial charge in [0.25, 0.3) is 0 Å². The average molecular weight is 354 g/mol. The fourth-order valence-corrected chi connectivity index (χ4v) is 2.91.